The summed E-state index contributed by atoms with van der Waals surface area (Å²) in [6, 6.07) is -0.914. The number of aliphatic carboxylic acids is 5. The average Bonchev–Trinajstić information content (AvgIpc) is 0.919. The number of carbonyl (C=O) groups excluding carboxylic acids is 3. The van der Waals surface area contributed by atoms with Gasteiger partial charge in [0.1, 0.15) is 29.7 Å². The van der Waals surface area contributed by atoms with Crippen LogP contribution >= 0.6 is 0 Å². The molecule has 1 saturated heterocycles. The molecule has 0 aliphatic carbocycles. The quantitative estimate of drug-likeness (QED) is 0.0316. The van der Waals surface area contributed by atoms with E-state index >= 15 is 0 Å². The van der Waals surface area contributed by atoms with Crippen molar-refractivity contribution in [1.82, 2.24) is 41.5 Å². The van der Waals surface area contributed by atoms with Gasteiger partial charge in [0.25, 0.3) is 0 Å². The van der Waals surface area contributed by atoms with Gasteiger partial charge in [0.2, 0.25) is 11.8 Å². The Hall–Kier alpha value is -7.22. The van der Waals surface area contributed by atoms with Crippen LogP contribution in [0.1, 0.15) is 127 Å². The second-order valence-corrected chi connectivity index (χ2v) is 22.6. The Morgan fingerprint density at radius 1 is 0.611 bits per heavy atom. The van der Waals surface area contributed by atoms with E-state index in [-0.39, 0.29) is 31.0 Å². The molecule has 0 unspecified atom stereocenters. The number of carbonyl (C=O) groups is 8. The highest BCUT2D eigenvalue weighted by molar-refractivity contribution is 5.90. The van der Waals surface area contributed by atoms with E-state index in [1.165, 1.54) is 51.3 Å². The van der Waals surface area contributed by atoms with Crippen LogP contribution < -0.4 is 36.1 Å². The molecule has 2 amide bonds. The number of carboxylic acid groups (broad SMARTS) is 5. The van der Waals surface area contributed by atoms with E-state index < -0.39 is 78.6 Å². The molecule has 2 aromatic rings. The van der Waals surface area contributed by atoms with Crippen LogP contribution in [0.2, 0.25) is 0 Å². The number of aromatic nitrogens is 2. The molecule has 0 saturated carbocycles. The van der Waals surface area contributed by atoms with Gasteiger partial charge in [-0.05, 0) is 87.8 Å². The number of amides is 2. The second-order valence-electron chi connectivity index (χ2n) is 22.6. The predicted molar refractivity (Wildman–Crippen MR) is 309 cm³/mol. The third-order valence-corrected chi connectivity index (χ3v) is 13.8. The van der Waals surface area contributed by atoms with Crippen molar-refractivity contribution in [3.8, 4) is 11.5 Å². The molecule has 95 heavy (non-hydrogen) atoms. The molecule has 11 N–H and O–H groups in total. The summed E-state index contributed by atoms with van der Waals surface area (Å²) in [5.74, 6) is -11.3. The van der Waals surface area contributed by atoms with Crippen LogP contribution in [-0.2, 0) is 51.2 Å². The summed E-state index contributed by atoms with van der Waals surface area (Å²) in [5, 5.41) is 51.5. The van der Waals surface area contributed by atoms with Gasteiger partial charge < -0.3 is 66.6 Å². The van der Waals surface area contributed by atoms with Crippen molar-refractivity contribution in [2.75, 3.05) is 65.4 Å². The highest BCUT2D eigenvalue weighted by Crippen LogP contribution is 2.45. The average molecular weight is 1410 g/mol. The molecule has 38 heteroatoms. The molecule has 0 radical (unpaired) electrons. The number of nitrogens with one attached hydrogen (secondary N) is 6. The number of carboxylic acids is 5. The standard InChI is InChI=1S/C47H80N8O5.5C2HF3O2/c1-33(2)12-9-13-34(3)14-10-15-35(4)16-11-18-47(8)19-17-40-38(7)44(36(5)37(6)45(40)60-47)59-43(57)30-52-46(58)41(28-39-29-51-32-53-39)54-42(56)31-55-26-24-49-22-20-48-21-23-50-25-27-55;5*3-2(4,5)1(6)7/h29,32-35,41,48-50H,9-28,30-31H2,1-8H3,(H,51,53)(H,52,58)(H,54,56);5*(H,6,7)/t34-,35-,41+,47-;;;;;/m1...../s1. The molecule has 0 bridgehead atoms. The first-order valence-corrected chi connectivity index (χ1v) is 29.4. The van der Waals surface area contributed by atoms with Gasteiger partial charge in [-0.25, -0.2) is 33.8 Å². The lowest BCUT2D eigenvalue weighted by atomic mass is 9.83. The van der Waals surface area contributed by atoms with E-state index in [4.69, 9.17) is 59.0 Å². The van der Waals surface area contributed by atoms with Gasteiger partial charge >= 0.3 is 66.7 Å². The van der Waals surface area contributed by atoms with Crippen molar-refractivity contribution < 1.29 is 139 Å². The fourth-order valence-electron chi connectivity index (χ4n) is 8.59. The van der Waals surface area contributed by atoms with Gasteiger partial charge in [0.15, 0.2) is 0 Å². The topological polar surface area (TPSA) is 348 Å². The molecule has 4 rings (SSSR count). The lowest BCUT2D eigenvalue weighted by Crippen LogP contribution is -2.52. The van der Waals surface area contributed by atoms with E-state index in [1.54, 1.807) is 6.20 Å². The van der Waals surface area contributed by atoms with E-state index in [9.17, 15) is 80.2 Å². The molecule has 1 aromatic carbocycles. The zero-order valence-electron chi connectivity index (χ0n) is 53.4. The van der Waals surface area contributed by atoms with Crippen molar-refractivity contribution in [2.24, 2.45) is 17.8 Å². The Balaban J connectivity index is 0. The summed E-state index contributed by atoms with van der Waals surface area (Å²) in [5.41, 5.74) is 4.28. The van der Waals surface area contributed by atoms with Crippen molar-refractivity contribution in [1.29, 1.82) is 0 Å². The number of halogens is 15. The van der Waals surface area contributed by atoms with Gasteiger partial charge in [-0.15, -0.1) is 0 Å². The molecular weight excluding hydrogens is 1320 g/mol. The van der Waals surface area contributed by atoms with E-state index in [1.807, 2.05) is 20.8 Å². The summed E-state index contributed by atoms with van der Waals surface area (Å²) in [4.78, 5) is 93.9. The Labute approximate surface area is 537 Å². The molecule has 2 aliphatic rings. The maximum Gasteiger partial charge on any atom is 0.490 e. The first kappa shape index (κ1) is 89.8. The summed E-state index contributed by atoms with van der Waals surface area (Å²) >= 11 is 0. The van der Waals surface area contributed by atoms with Crippen LogP contribution in [0.4, 0.5) is 65.9 Å². The summed E-state index contributed by atoms with van der Waals surface area (Å²) in [6.45, 7) is 23.9. The van der Waals surface area contributed by atoms with Crippen molar-refractivity contribution in [3.05, 3.63) is 40.5 Å². The van der Waals surface area contributed by atoms with Crippen LogP contribution in [0.5, 0.6) is 11.5 Å². The van der Waals surface area contributed by atoms with Crippen molar-refractivity contribution in [2.45, 2.75) is 175 Å². The largest absolute Gasteiger partial charge is 0.490 e. The molecule has 23 nitrogen and oxygen atoms in total. The molecule has 1 fully saturated rings. The van der Waals surface area contributed by atoms with Gasteiger partial charge in [-0.3, -0.25) is 14.5 Å². The third-order valence-electron chi connectivity index (χ3n) is 13.8. The zero-order chi connectivity index (χ0) is 73.9. The van der Waals surface area contributed by atoms with Crippen LogP contribution in [0.3, 0.4) is 0 Å². The SMILES string of the molecule is Cc1c(C)c2c(c(C)c1OC(=O)CNC(=O)[C@H](Cc1cnc[nH]1)NC(=O)CN1CCNCCNCCNCC1)CC[C@@](C)(CCC[C@H](C)CCC[C@H](C)CCCC(C)C)O2.O=C(O)C(F)(F)F.O=C(O)C(F)(F)F.O=C(O)C(F)(F)F.O=C(O)C(F)(F)F.O=C(O)C(F)(F)F. The molecular formula is C57H85F15N8O15. The minimum atomic E-state index is -5.08. The lowest BCUT2D eigenvalue weighted by Gasteiger charge is -2.38. The number of ether oxygens (including phenoxy) is 2. The maximum absolute atomic E-state index is 13.6. The van der Waals surface area contributed by atoms with E-state index in [0.717, 1.165) is 111 Å². The number of alkyl halides is 15. The van der Waals surface area contributed by atoms with Gasteiger partial charge in [-0.1, -0.05) is 72.6 Å². The zero-order valence-corrected chi connectivity index (χ0v) is 53.4. The first-order chi connectivity index (χ1) is 43.5. The number of hydrogen-bond acceptors (Lipinski definition) is 15. The second kappa shape index (κ2) is 43.1. The summed E-state index contributed by atoms with van der Waals surface area (Å²) in [6.07, 6.45) is -8.91. The first-order valence-electron chi connectivity index (χ1n) is 29.4. The van der Waals surface area contributed by atoms with E-state index in [0.29, 0.717) is 24.5 Å². The minimum Gasteiger partial charge on any atom is -0.487 e. The smallest absolute Gasteiger partial charge is 0.487 e. The Morgan fingerprint density at radius 2 is 1.01 bits per heavy atom. The predicted octanol–water partition coefficient (Wildman–Crippen LogP) is 8.86. The number of rotatable bonds is 21. The normalized spacial score (nSPS) is 16.5. The number of hydrogen-bond donors (Lipinski definition) is 11. The maximum atomic E-state index is 13.6. The summed E-state index contributed by atoms with van der Waals surface area (Å²) in [7, 11) is 0. The fraction of sp³-hybridized carbons (Fsp3) is 0.702. The number of benzene rings is 1. The number of esters is 1. The molecule has 1 aromatic heterocycles. The number of nitrogens with zero attached hydrogens (tertiary/aromatic N) is 2. The number of H-pyrrole nitrogens is 1. The Kier molecular flexibility index (Phi) is 40.7. The third kappa shape index (κ3) is 41.4. The number of imidazole rings is 1. The number of aromatic amines is 1. The van der Waals surface area contributed by atoms with Crippen LogP contribution in [0.15, 0.2) is 12.5 Å². The van der Waals surface area contributed by atoms with Crippen molar-refractivity contribution in [3.63, 3.8) is 0 Å². The highest BCUT2D eigenvalue weighted by Gasteiger charge is 2.41. The fourth-order valence-corrected chi connectivity index (χ4v) is 8.59. The van der Waals surface area contributed by atoms with Gasteiger partial charge in [0.05, 0.1) is 12.9 Å². The highest BCUT2D eigenvalue weighted by atomic mass is 19.4. The van der Waals surface area contributed by atoms with Crippen molar-refractivity contribution >= 4 is 47.6 Å². The Morgan fingerprint density at radius 3 is 1.40 bits per heavy atom. The molecule has 0 spiro atoms. The lowest BCUT2D eigenvalue weighted by molar-refractivity contribution is -0.193. The molecule has 3 heterocycles. The van der Waals surface area contributed by atoms with Crippen LogP contribution in [0.25, 0.3) is 0 Å². The summed E-state index contributed by atoms with van der Waals surface area (Å²) < 4.78 is 171. The monoisotopic (exact) mass is 1410 g/mol. The Bertz CT molecular complexity index is 2530. The van der Waals surface area contributed by atoms with E-state index in [2.05, 4.69) is 76.1 Å². The van der Waals surface area contributed by atoms with Gasteiger partial charge in [0, 0.05) is 76.2 Å². The van der Waals surface area contributed by atoms with Gasteiger partial charge in [-0.2, -0.15) is 65.9 Å². The van der Waals surface area contributed by atoms with Crippen LogP contribution in [-0.4, -0.2) is 196 Å². The van der Waals surface area contributed by atoms with Crippen LogP contribution in [0, 0.1) is 38.5 Å². The number of fused-ring (bicyclic) bond motifs is 1. The minimum absolute atomic E-state index is 0.146. The molecule has 4 atom stereocenters. The molecule has 548 valence electrons. The molecule has 2 aliphatic heterocycles.